The van der Waals surface area contributed by atoms with Gasteiger partial charge in [0.25, 0.3) is 0 Å². The van der Waals surface area contributed by atoms with Gasteiger partial charge in [0.05, 0.1) is 5.39 Å². The van der Waals surface area contributed by atoms with E-state index in [0.29, 0.717) is 5.95 Å². The van der Waals surface area contributed by atoms with Crippen LogP contribution >= 0.6 is 11.3 Å². The van der Waals surface area contributed by atoms with Gasteiger partial charge in [-0.2, -0.15) is 4.98 Å². The predicted molar refractivity (Wildman–Crippen MR) is 89.9 cm³/mol. The van der Waals surface area contributed by atoms with Gasteiger partial charge in [0.1, 0.15) is 10.6 Å². The Morgan fingerprint density at radius 1 is 1.38 bits per heavy atom. The summed E-state index contributed by atoms with van der Waals surface area (Å²) >= 11 is 1.67. The lowest BCUT2D eigenvalue weighted by atomic mass is 9.97. The number of likely N-dealkylation sites (tertiary alicyclic amines) is 1. The second kappa shape index (κ2) is 6.15. The Hall–Kier alpha value is -1.40. The highest BCUT2D eigenvalue weighted by molar-refractivity contribution is 7.18. The average molecular weight is 305 g/mol. The van der Waals surface area contributed by atoms with Gasteiger partial charge in [0.15, 0.2) is 0 Å². The Kier molecular flexibility index (Phi) is 4.26. The highest BCUT2D eigenvalue weighted by atomic mass is 32.1. The maximum Gasteiger partial charge on any atom is 0.223 e. The predicted octanol–water partition coefficient (Wildman–Crippen LogP) is 2.73. The number of nitrogens with zero attached hydrogens (tertiary/aromatic N) is 3. The zero-order valence-electron chi connectivity index (χ0n) is 12.7. The molecule has 3 rings (SSSR count). The number of aromatic nitrogens is 2. The SMILES string of the molecule is CCN1CCC(CNc2nc(N)nc3sc(C)cc23)CC1. The molecule has 0 aliphatic carbocycles. The third-order valence-corrected chi connectivity index (χ3v) is 5.19. The Bertz CT molecular complexity index is 616. The molecule has 1 aliphatic rings. The van der Waals surface area contributed by atoms with Crippen LogP contribution in [-0.4, -0.2) is 41.0 Å². The van der Waals surface area contributed by atoms with Gasteiger partial charge in [0, 0.05) is 11.4 Å². The van der Waals surface area contributed by atoms with E-state index in [2.05, 4.69) is 40.1 Å². The molecule has 0 bridgehead atoms. The number of aryl methyl sites for hydroxylation is 1. The van der Waals surface area contributed by atoms with Gasteiger partial charge in [-0.15, -0.1) is 11.3 Å². The van der Waals surface area contributed by atoms with Crippen LogP contribution in [0.5, 0.6) is 0 Å². The minimum absolute atomic E-state index is 0.354. The van der Waals surface area contributed by atoms with Gasteiger partial charge in [-0.25, -0.2) is 4.98 Å². The van der Waals surface area contributed by atoms with Gasteiger partial charge in [0.2, 0.25) is 5.95 Å². The minimum Gasteiger partial charge on any atom is -0.369 e. The van der Waals surface area contributed by atoms with Crippen molar-refractivity contribution in [3.05, 3.63) is 10.9 Å². The standard InChI is InChI=1S/C15H23N5S/c1-3-20-6-4-11(5-7-20)9-17-13-12-8-10(2)21-14(12)19-15(16)18-13/h8,11H,3-7,9H2,1-2H3,(H3,16,17,18,19). The van der Waals surface area contributed by atoms with Crippen molar-refractivity contribution in [1.82, 2.24) is 14.9 Å². The molecule has 3 heterocycles. The molecule has 21 heavy (non-hydrogen) atoms. The van der Waals surface area contributed by atoms with Crippen LogP contribution < -0.4 is 11.1 Å². The van der Waals surface area contributed by atoms with Gasteiger partial charge >= 0.3 is 0 Å². The molecular weight excluding hydrogens is 282 g/mol. The van der Waals surface area contributed by atoms with Crippen LogP contribution in [0.4, 0.5) is 11.8 Å². The van der Waals surface area contributed by atoms with Gasteiger partial charge in [-0.05, 0) is 51.4 Å². The summed E-state index contributed by atoms with van der Waals surface area (Å²) < 4.78 is 0. The van der Waals surface area contributed by atoms with Crippen LogP contribution in [0.2, 0.25) is 0 Å². The van der Waals surface area contributed by atoms with E-state index in [1.165, 1.54) is 30.8 Å². The lowest BCUT2D eigenvalue weighted by Gasteiger charge is -2.31. The molecule has 0 aromatic carbocycles. The smallest absolute Gasteiger partial charge is 0.223 e. The van der Waals surface area contributed by atoms with E-state index < -0.39 is 0 Å². The first-order chi connectivity index (χ1) is 10.2. The summed E-state index contributed by atoms with van der Waals surface area (Å²) in [4.78, 5) is 13.4. The molecule has 2 aromatic heterocycles. The Labute approximate surface area is 129 Å². The number of hydrogen-bond acceptors (Lipinski definition) is 6. The summed E-state index contributed by atoms with van der Waals surface area (Å²) in [5.74, 6) is 1.96. The number of rotatable bonds is 4. The normalized spacial score (nSPS) is 17.4. The molecule has 5 nitrogen and oxygen atoms in total. The summed E-state index contributed by atoms with van der Waals surface area (Å²) in [6.45, 7) is 8.88. The van der Waals surface area contributed by atoms with Crippen LogP contribution in [0.25, 0.3) is 10.2 Å². The fourth-order valence-electron chi connectivity index (χ4n) is 2.94. The molecule has 1 saturated heterocycles. The van der Waals surface area contributed by atoms with Crippen molar-refractivity contribution < 1.29 is 0 Å². The molecule has 0 spiro atoms. The Balaban J connectivity index is 1.68. The van der Waals surface area contributed by atoms with E-state index >= 15 is 0 Å². The molecule has 0 atom stereocenters. The van der Waals surface area contributed by atoms with Crippen LogP contribution in [0.3, 0.4) is 0 Å². The number of piperidine rings is 1. The molecular formula is C15H23N5S. The molecule has 2 aromatic rings. The maximum absolute atomic E-state index is 5.82. The number of nitrogen functional groups attached to an aromatic ring is 1. The maximum atomic E-state index is 5.82. The van der Waals surface area contributed by atoms with Crippen LogP contribution in [0, 0.1) is 12.8 Å². The van der Waals surface area contributed by atoms with Gasteiger partial charge in [-0.3, -0.25) is 0 Å². The fraction of sp³-hybridized carbons (Fsp3) is 0.600. The summed E-state index contributed by atoms with van der Waals surface area (Å²) in [6.07, 6.45) is 2.51. The molecule has 114 valence electrons. The van der Waals surface area contributed by atoms with E-state index in [1.807, 2.05) is 0 Å². The number of hydrogen-bond donors (Lipinski definition) is 2. The second-order valence-corrected chi connectivity index (χ2v) is 7.00. The number of fused-ring (bicyclic) bond motifs is 1. The van der Waals surface area contributed by atoms with Crippen molar-refractivity contribution in [3.8, 4) is 0 Å². The number of nitrogens with one attached hydrogen (secondary N) is 1. The quantitative estimate of drug-likeness (QED) is 0.909. The van der Waals surface area contributed by atoms with Gasteiger partial charge in [-0.1, -0.05) is 6.92 Å². The lowest BCUT2D eigenvalue weighted by molar-refractivity contribution is 0.198. The number of anilines is 2. The van der Waals surface area contributed by atoms with Crippen molar-refractivity contribution >= 4 is 33.3 Å². The monoisotopic (exact) mass is 305 g/mol. The second-order valence-electron chi connectivity index (χ2n) is 5.76. The number of nitrogens with two attached hydrogens (primary N) is 1. The highest BCUT2D eigenvalue weighted by Crippen LogP contribution is 2.29. The Morgan fingerprint density at radius 3 is 2.86 bits per heavy atom. The van der Waals surface area contributed by atoms with Gasteiger partial charge < -0.3 is 16.0 Å². The van der Waals surface area contributed by atoms with Crippen LogP contribution in [0.1, 0.15) is 24.6 Å². The van der Waals surface area contributed by atoms with Crippen molar-refractivity contribution in [1.29, 1.82) is 0 Å². The molecule has 0 radical (unpaired) electrons. The largest absolute Gasteiger partial charge is 0.369 e. The summed E-state index contributed by atoms with van der Waals surface area (Å²) in [6, 6.07) is 2.14. The first-order valence-electron chi connectivity index (χ1n) is 7.65. The third kappa shape index (κ3) is 3.27. The van der Waals surface area contributed by atoms with E-state index in [1.54, 1.807) is 11.3 Å². The van der Waals surface area contributed by atoms with Crippen molar-refractivity contribution in [3.63, 3.8) is 0 Å². The van der Waals surface area contributed by atoms with Crippen molar-refractivity contribution in [2.75, 3.05) is 37.2 Å². The molecule has 0 unspecified atom stereocenters. The summed E-state index contributed by atoms with van der Waals surface area (Å²) in [5, 5.41) is 4.60. The van der Waals surface area contributed by atoms with E-state index in [4.69, 9.17) is 5.73 Å². The minimum atomic E-state index is 0.354. The topological polar surface area (TPSA) is 67.1 Å². The molecule has 3 N–H and O–H groups in total. The zero-order valence-corrected chi connectivity index (χ0v) is 13.5. The summed E-state index contributed by atoms with van der Waals surface area (Å²) in [5.41, 5.74) is 5.82. The van der Waals surface area contributed by atoms with Crippen LogP contribution in [0.15, 0.2) is 6.07 Å². The van der Waals surface area contributed by atoms with Crippen molar-refractivity contribution in [2.45, 2.75) is 26.7 Å². The lowest BCUT2D eigenvalue weighted by Crippen LogP contribution is -2.35. The van der Waals surface area contributed by atoms with E-state index in [0.717, 1.165) is 35.0 Å². The molecule has 6 heteroatoms. The van der Waals surface area contributed by atoms with Crippen LogP contribution in [-0.2, 0) is 0 Å². The zero-order chi connectivity index (χ0) is 14.8. The number of thiophene rings is 1. The molecule has 0 amide bonds. The average Bonchev–Trinajstić information content (AvgIpc) is 2.85. The fourth-order valence-corrected chi connectivity index (χ4v) is 3.83. The van der Waals surface area contributed by atoms with Crippen molar-refractivity contribution in [2.24, 2.45) is 5.92 Å². The molecule has 1 fully saturated rings. The first kappa shape index (κ1) is 14.5. The highest BCUT2D eigenvalue weighted by Gasteiger charge is 2.18. The third-order valence-electron chi connectivity index (χ3n) is 4.25. The van der Waals surface area contributed by atoms with E-state index in [9.17, 15) is 0 Å². The Morgan fingerprint density at radius 2 is 2.14 bits per heavy atom. The summed E-state index contributed by atoms with van der Waals surface area (Å²) in [7, 11) is 0. The van der Waals surface area contributed by atoms with E-state index in [-0.39, 0.29) is 0 Å². The molecule has 1 aliphatic heterocycles. The first-order valence-corrected chi connectivity index (χ1v) is 8.47. The molecule has 0 saturated carbocycles.